The van der Waals surface area contributed by atoms with E-state index >= 15 is 0 Å². The SMILES string of the molecule is Cc1ccc(S(=O)(=O)c2ccc(C)cc2Cc2ccc(N)cc2)c(Cc2ccc(N)cc2)c1. The lowest BCUT2D eigenvalue weighted by Gasteiger charge is -2.16. The third kappa shape index (κ3) is 5.10. The molecule has 5 heteroatoms. The molecule has 4 N–H and O–H groups in total. The minimum atomic E-state index is -3.74. The van der Waals surface area contributed by atoms with Crippen molar-refractivity contribution < 1.29 is 8.42 Å². The predicted octanol–water partition coefficient (Wildman–Crippen LogP) is 5.48. The molecule has 0 fully saturated rings. The van der Waals surface area contributed by atoms with Crippen molar-refractivity contribution in [3.63, 3.8) is 0 Å². The van der Waals surface area contributed by atoms with Crippen LogP contribution < -0.4 is 11.5 Å². The van der Waals surface area contributed by atoms with Crippen LogP contribution in [0.5, 0.6) is 0 Å². The molecule has 0 atom stereocenters. The van der Waals surface area contributed by atoms with Gasteiger partial charge in [0.25, 0.3) is 0 Å². The van der Waals surface area contributed by atoms with Crippen LogP contribution >= 0.6 is 0 Å². The summed E-state index contributed by atoms with van der Waals surface area (Å²) in [5.74, 6) is 0. The van der Waals surface area contributed by atoms with Gasteiger partial charge in [0.05, 0.1) is 9.79 Å². The van der Waals surface area contributed by atoms with Crippen LogP contribution in [-0.4, -0.2) is 8.42 Å². The summed E-state index contributed by atoms with van der Waals surface area (Å²) in [4.78, 5) is 0.680. The highest BCUT2D eigenvalue weighted by Crippen LogP contribution is 2.31. The van der Waals surface area contributed by atoms with Crippen molar-refractivity contribution in [3.8, 4) is 0 Å². The van der Waals surface area contributed by atoms with Crippen LogP contribution in [0.3, 0.4) is 0 Å². The van der Waals surface area contributed by atoms with Gasteiger partial charge in [-0.3, -0.25) is 0 Å². The Bertz CT molecular complexity index is 1290. The number of hydrogen-bond acceptors (Lipinski definition) is 4. The van der Waals surface area contributed by atoms with Gasteiger partial charge in [0.2, 0.25) is 9.84 Å². The number of anilines is 2. The maximum Gasteiger partial charge on any atom is 0.207 e. The zero-order valence-electron chi connectivity index (χ0n) is 18.9. The molecular weight excluding hydrogens is 428 g/mol. The Balaban J connectivity index is 1.79. The summed E-state index contributed by atoms with van der Waals surface area (Å²) in [5.41, 5.74) is 18.6. The molecule has 4 aromatic rings. The molecule has 33 heavy (non-hydrogen) atoms. The monoisotopic (exact) mass is 456 g/mol. The Labute approximate surface area is 195 Å². The third-order valence-electron chi connectivity index (χ3n) is 5.76. The second kappa shape index (κ2) is 9.12. The highest BCUT2D eigenvalue weighted by molar-refractivity contribution is 7.91. The topological polar surface area (TPSA) is 86.2 Å². The Morgan fingerprint density at radius 2 is 0.939 bits per heavy atom. The van der Waals surface area contributed by atoms with E-state index in [2.05, 4.69) is 0 Å². The van der Waals surface area contributed by atoms with Gasteiger partial charge in [-0.05, 0) is 85.3 Å². The summed E-state index contributed by atoms with van der Waals surface area (Å²) in [7, 11) is -3.74. The normalized spacial score (nSPS) is 11.5. The van der Waals surface area contributed by atoms with E-state index in [9.17, 15) is 8.42 Å². The Morgan fingerprint density at radius 3 is 1.30 bits per heavy atom. The highest BCUT2D eigenvalue weighted by Gasteiger charge is 2.24. The van der Waals surface area contributed by atoms with Crippen molar-refractivity contribution in [3.05, 3.63) is 118 Å². The fourth-order valence-corrected chi connectivity index (χ4v) is 5.73. The summed E-state index contributed by atoms with van der Waals surface area (Å²) < 4.78 is 27.9. The van der Waals surface area contributed by atoms with E-state index in [-0.39, 0.29) is 0 Å². The minimum Gasteiger partial charge on any atom is -0.399 e. The van der Waals surface area contributed by atoms with Crippen LogP contribution in [0.15, 0.2) is 94.7 Å². The van der Waals surface area contributed by atoms with E-state index in [1.165, 1.54) is 0 Å². The molecule has 0 heterocycles. The van der Waals surface area contributed by atoms with Gasteiger partial charge in [-0.15, -0.1) is 0 Å². The van der Waals surface area contributed by atoms with Crippen LogP contribution in [0.1, 0.15) is 33.4 Å². The molecule has 4 nitrogen and oxygen atoms in total. The van der Waals surface area contributed by atoms with Crippen LogP contribution in [0, 0.1) is 13.8 Å². The van der Waals surface area contributed by atoms with Crippen LogP contribution in [-0.2, 0) is 22.7 Å². The Morgan fingerprint density at radius 1 is 0.576 bits per heavy atom. The first-order valence-corrected chi connectivity index (χ1v) is 12.3. The zero-order valence-corrected chi connectivity index (χ0v) is 19.7. The van der Waals surface area contributed by atoms with E-state index in [0.717, 1.165) is 33.4 Å². The molecule has 0 aliphatic carbocycles. The van der Waals surface area contributed by atoms with E-state index in [4.69, 9.17) is 11.5 Å². The zero-order chi connectivity index (χ0) is 23.6. The van der Waals surface area contributed by atoms with Gasteiger partial charge in [-0.2, -0.15) is 0 Å². The first-order chi connectivity index (χ1) is 15.7. The van der Waals surface area contributed by atoms with Crippen molar-refractivity contribution >= 4 is 21.2 Å². The van der Waals surface area contributed by atoms with Crippen LogP contribution in [0.4, 0.5) is 11.4 Å². The molecule has 0 saturated carbocycles. The minimum absolute atomic E-state index is 0.340. The van der Waals surface area contributed by atoms with E-state index in [1.807, 2.05) is 86.6 Å². The smallest absolute Gasteiger partial charge is 0.207 e. The van der Waals surface area contributed by atoms with Crippen molar-refractivity contribution in [2.24, 2.45) is 0 Å². The molecular formula is C28H28N2O2S. The lowest BCUT2D eigenvalue weighted by molar-refractivity contribution is 0.594. The molecule has 168 valence electrons. The highest BCUT2D eigenvalue weighted by atomic mass is 32.2. The molecule has 4 aromatic carbocycles. The molecule has 0 spiro atoms. The quantitative estimate of drug-likeness (QED) is 0.376. The van der Waals surface area contributed by atoms with E-state index < -0.39 is 9.84 Å². The molecule has 0 saturated heterocycles. The lowest BCUT2D eigenvalue weighted by Crippen LogP contribution is -2.10. The summed E-state index contributed by atoms with van der Waals surface area (Å²) in [6, 6.07) is 26.2. The van der Waals surface area contributed by atoms with Crippen molar-refractivity contribution in [2.45, 2.75) is 36.5 Å². The predicted molar refractivity (Wildman–Crippen MR) is 135 cm³/mol. The Kier molecular flexibility index (Phi) is 6.25. The number of nitrogen functional groups attached to an aromatic ring is 2. The lowest BCUT2D eigenvalue weighted by atomic mass is 10.0. The second-order valence-corrected chi connectivity index (χ2v) is 10.4. The fraction of sp³-hybridized carbons (Fsp3) is 0.143. The number of hydrogen-bond donors (Lipinski definition) is 2. The van der Waals surface area contributed by atoms with Crippen LogP contribution in [0.2, 0.25) is 0 Å². The molecule has 4 rings (SSSR count). The average molecular weight is 457 g/mol. The number of aryl methyl sites for hydroxylation is 2. The standard InChI is InChI=1S/C28H28N2O2S/c1-19-3-13-27(23(15-19)17-21-5-9-25(29)10-6-21)33(31,32)28-14-4-20(2)16-24(28)18-22-7-11-26(30)12-8-22/h3-16H,17-18,29-30H2,1-2H3. The first-order valence-electron chi connectivity index (χ1n) is 10.9. The molecule has 0 aliphatic rings. The van der Waals surface area contributed by atoms with Gasteiger partial charge >= 0.3 is 0 Å². The van der Waals surface area contributed by atoms with Crippen LogP contribution in [0.25, 0.3) is 0 Å². The fourth-order valence-electron chi connectivity index (χ4n) is 4.05. The summed E-state index contributed by atoms with van der Waals surface area (Å²) in [5, 5.41) is 0. The third-order valence-corrected chi connectivity index (χ3v) is 7.71. The van der Waals surface area contributed by atoms with Gasteiger partial charge in [0.1, 0.15) is 0 Å². The van der Waals surface area contributed by atoms with Gasteiger partial charge in [-0.1, -0.05) is 59.7 Å². The molecule has 0 radical (unpaired) electrons. The number of rotatable bonds is 6. The van der Waals surface area contributed by atoms with E-state index in [1.54, 1.807) is 12.1 Å². The van der Waals surface area contributed by atoms with Crippen molar-refractivity contribution in [1.82, 2.24) is 0 Å². The molecule has 0 aliphatic heterocycles. The van der Waals surface area contributed by atoms with Gasteiger partial charge in [0.15, 0.2) is 0 Å². The first kappa shape index (κ1) is 22.6. The van der Waals surface area contributed by atoms with Gasteiger partial charge < -0.3 is 11.5 Å². The molecule has 0 unspecified atom stereocenters. The van der Waals surface area contributed by atoms with E-state index in [0.29, 0.717) is 34.0 Å². The maximum atomic E-state index is 13.9. The summed E-state index contributed by atoms with van der Waals surface area (Å²) in [6.07, 6.45) is 1.02. The Hall–Kier alpha value is -3.57. The molecule has 0 aromatic heterocycles. The number of nitrogens with two attached hydrogens (primary N) is 2. The largest absolute Gasteiger partial charge is 0.399 e. The molecule has 0 amide bonds. The van der Waals surface area contributed by atoms with Crippen molar-refractivity contribution in [1.29, 1.82) is 0 Å². The number of benzene rings is 4. The summed E-state index contributed by atoms with van der Waals surface area (Å²) in [6.45, 7) is 3.95. The maximum absolute atomic E-state index is 13.9. The van der Waals surface area contributed by atoms with Crippen molar-refractivity contribution in [2.75, 3.05) is 11.5 Å². The molecule has 0 bridgehead atoms. The summed E-state index contributed by atoms with van der Waals surface area (Å²) >= 11 is 0. The second-order valence-electron chi connectivity index (χ2n) is 8.56. The average Bonchev–Trinajstić information content (AvgIpc) is 2.77. The number of sulfone groups is 1. The van der Waals surface area contributed by atoms with Gasteiger partial charge in [-0.25, -0.2) is 8.42 Å². The van der Waals surface area contributed by atoms with Gasteiger partial charge in [0, 0.05) is 11.4 Å².